The number of ether oxygens (including phenoxy) is 1. The number of benzene rings is 2. The zero-order chi connectivity index (χ0) is 31.9. The average Bonchev–Trinajstić information content (AvgIpc) is 3.72. The smallest absolute Gasteiger partial charge is 0.335 e. The molecule has 2 fully saturated rings. The third-order valence-electron chi connectivity index (χ3n) is 8.75. The summed E-state index contributed by atoms with van der Waals surface area (Å²) in [5.41, 5.74) is 3.56. The zero-order valence-electron chi connectivity index (χ0n) is 26.0. The lowest BCUT2D eigenvalue weighted by Gasteiger charge is -2.39. The summed E-state index contributed by atoms with van der Waals surface area (Å²) < 4.78 is 35.5. The van der Waals surface area contributed by atoms with Gasteiger partial charge >= 0.3 is 5.97 Å². The van der Waals surface area contributed by atoms with Crippen LogP contribution in [0.2, 0.25) is 0 Å². The molecule has 3 aromatic rings. The molecule has 0 amide bonds. The molecule has 2 aromatic carbocycles. The number of carboxylic acids is 1. The molecule has 5 rings (SSSR count). The second kappa shape index (κ2) is 12.1. The van der Waals surface area contributed by atoms with Gasteiger partial charge in [0.1, 0.15) is 6.61 Å². The van der Waals surface area contributed by atoms with E-state index in [1.807, 2.05) is 39.0 Å². The van der Waals surface area contributed by atoms with E-state index in [1.54, 1.807) is 13.8 Å². The molecule has 10 nitrogen and oxygen atoms in total. The summed E-state index contributed by atoms with van der Waals surface area (Å²) in [7, 11) is -4.23. The number of carbonyl (C=O) groups is 1. The van der Waals surface area contributed by atoms with Crippen LogP contribution in [0.5, 0.6) is 5.88 Å². The normalized spacial score (nSPS) is 16.8. The molecule has 4 N–H and O–H groups in total. The molecule has 44 heavy (non-hydrogen) atoms. The third-order valence-corrected chi connectivity index (χ3v) is 10.1. The molecule has 0 aliphatic heterocycles. The first-order valence-electron chi connectivity index (χ1n) is 15.1. The van der Waals surface area contributed by atoms with Gasteiger partial charge in [-0.25, -0.2) is 22.9 Å². The van der Waals surface area contributed by atoms with Crippen LogP contribution in [0.4, 0.5) is 5.95 Å². The molecule has 1 aromatic heterocycles. The van der Waals surface area contributed by atoms with Crippen molar-refractivity contribution in [2.24, 2.45) is 5.41 Å². The molecule has 0 bridgehead atoms. The number of hydrogen-bond acceptors (Lipinski definition) is 8. The monoisotopic (exact) mass is 622 g/mol. The molecule has 2 aliphatic carbocycles. The lowest BCUT2D eigenvalue weighted by atomic mass is 9.76. The molecule has 0 unspecified atom stereocenters. The lowest BCUT2D eigenvalue weighted by Crippen LogP contribution is -2.49. The number of aromatic nitrogens is 2. The van der Waals surface area contributed by atoms with Crippen LogP contribution in [0.15, 0.2) is 47.4 Å². The Morgan fingerprint density at radius 3 is 2.36 bits per heavy atom. The fourth-order valence-corrected chi connectivity index (χ4v) is 7.02. The Hall–Kier alpha value is -3.54. The van der Waals surface area contributed by atoms with E-state index in [0.29, 0.717) is 35.6 Å². The number of carboxylic acid groups (broad SMARTS) is 1. The van der Waals surface area contributed by atoms with E-state index in [9.17, 15) is 23.4 Å². The Kier molecular flexibility index (Phi) is 8.76. The van der Waals surface area contributed by atoms with Crippen molar-refractivity contribution < 1.29 is 28.2 Å². The summed E-state index contributed by atoms with van der Waals surface area (Å²) in [6.07, 6.45) is 6.20. The third kappa shape index (κ3) is 7.39. The molecule has 1 spiro atoms. The van der Waals surface area contributed by atoms with Crippen molar-refractivity contribution in [3.8, 4) is 17.1 Å². The molecular weight excluding hydrogens is 580 g/mol. The van der Waals surface area contributed by atoms with E-state index in [1.165, 1.54) is 31.0 Å². The number of anilines is 1. The molecule has 0 radical (unpaired) electrons. The van der Waals surface area contributed by atoms with Crippen molar-refractivity contribution in [2.75, 3.05) is 11.3 Å². The number of rotatable bonds is 13. The number of aliphatic hydroxyl groups is 1. The molecule has 2 aliphatic rings. The molecule has 11 heteroatoms. The highest BCUT2D eigenvalue weighted by Crippen LogP contribution is 2.60. The van der Waals surface area contributed by atoms with Gasteiger partial charge in [-0.3, -0.25) is 0 Å². The fourth-order valence-electron chi connectivity index (χ4n) is 6.03. The molecule has 1 atom stereocenters. The first-order valence-corrected chi connectivity index (χ1v) is 16.6. The summed E-state index contributed by atoms with van der Waals surface area (Å²) >= 11 is 0. The van der Waals surface area contributed by atoms with Gasteiger partial charge in [0.25, 0.3) is 10.0 Å². The van der Waals surface area contributed by atoms with Gasteiger partial charge in [-0.15, -0.1) is 0 Å². The number of sulfonamides is 1. The minimum Gasteiger partial charge on any atom is -0.478 e. The summed E-state index contributed by atoms with van der Waals surface area (Å²) in [6, 6.07) is 11.4. The summed E-state index contributed by atoms with van der Waals surface area (Å²) in [6.45, 7) is 9.65. The van der Waals surface area contributed by atoms with Gasteiger partial charge in [-0.05, 0) is 108 Å². The molecule has 2 saturated carbocycles. The number of aryl methyl sites for hydroxylation is 2. The van der Waals surface area contributed by atoms with E-state index in [-0.39, 0.29) is 34.9 Å². The van der Waals surface area contributed by atoms with Gasteiger partial charge in [0, 0.05) is 23.2 Å². The van der Waals surface area contributed by atoms with Gasteiger partial charge in [-0.2, -0.15) is 4.98 Å². The van der Waals surface area contributed by atoms with Crippen molar-refractivity contribution in [3.63, 3.8) is 0 Å². The first kappa shape index (κ1) is 31.9. The number of aromatic carboxylic acids is 1. The van der Waals surface area contributed by atoms with Crippen LogP contribution in [-0.2, 0) is 10.0 Å². The predicted molar refractivity (Wildman–Crippen MR) is 169 cm³/mol. The Balaban J connectivity index is 1.46. The van der Waals surface area contributed by atoms with Gasteiger partial charge in [0.2, 0.25) is 11.8 Å². The summed E-state index contributed by atoms with van der Waals surface area (Å²) in [5, 5.41) is 23.5. The highest BCUT2D eigenvalue weighted by molar-refractivity contribution is 7.92. The van der Waals surface area contributed by atoms with Gasteiger partial charge in [0.15, 0.2) is 0 Å². The standard InChI is InChI=1S/C33H42N4O6S/c1-20-8-6-9-21(2)27(20)28-22(3)29(36-31(35-28)37-44(41,42)26-11-7-10-23(16-26)30(38)39)43-19-24(12-13-32(4,5)40)34-25-17-33(18-25)14-15-33/h6-11,16,24-25,34,40H,12-15,17-19H2,1-5H3,(H,38,39)(H,35,36,37)/t24-/m1/s1. The first-order chi connectivity index (χ1) is 20.6. The second-order valence-corrected chi connectivity index (χ2v) is 14.8. The van der Waals surface area contributed by atoms with Crippen molar-refractivity contribution in [1.82, 2.24) is 15.3 Å². The summed E-state index contributed by atoms with van der Waals surface area (Å²) in [5.74, 6) is -1.17. The average molecular weight is 623 g/mol. The van der Waals surface area contributed by atoms with Crippen molar-refractivity contribution >= 4 is 21.9 Å². The van der Waals surface area contributed by atoms with Crippen molar-refractivity contribution in [1.29, 1.82) is 0 Å². The Morgan fingerprint density at radius 2 is 1.75 bits per heavy atom. The van der Waals surface area contributed by atoms with Crippen LogP contribution in [0.25, 0.3) is 11.3 Å². The highest BCUT2D eigenvalue weighted by Gasteiger charge is 2.53. The zero-order valence-corrected chi connectivity index (χ0v) is 26.8. The van der Waals surface area contributed by atoms with Crippen molar-refractivity contribution in [2.45, 2.75) is 95.7 Å². The molecule has 1 heterocycles. The van der Waals surface area contributed by atoms with Gasteiger partial charge < -0.3 is 20.3 Å². The van der Waals surface area contributed by atoms with Gasteiger partial charge in [0.05, 0.1) is 21.8 Å². The quantitative estimate of drug-likeness (QED) is 0.196. The number of hydrogen-bond donors (Lipinski definition) is 4. The van der Waals surface area contributed by atoms with E-state index in [2.05, 4.69) is 20.0 Å². The van der Waals surface area contributed by atoms with Crippen molar-refractivity contribution in [3.05, 3.63) is 64.7 Å². The Bertz CT molecular complexity index is 1630. The van der Waals surface area contributed by atoms with E-state index in [4.69, 9.17) is 4.74 Å². The van der Waals surface area contributed by atoms with E-state index in [0.717, 1.165) is 35.6 Å². The minimum absolute atomic E-state index is 0.0422. The van der Waals surface area contributed by atoms with E-state index >= 15 is 0 Å². The van der Waals surface area contributed by atoms with Crippen LogP contribution in [0.1, 0.15) is 79.4 Å². The molecule has 0 saturated heterocycles. The number of nitrogens with one attached hydrogen (secondary N) is 2. The van der Waals surface area contributed by atoms with E-state index < -0.39 is 21.6 Å². The fraction of sp³-hybridized carbons (Fsp3) is 0.485. The maximum atomic E-state index is 13.4. The Labute approximate surface area is 259 Å². The SMILES string of the molecule is Cc1cccc(C)c1-c1nc(NS(=O)(=O)c2cccc(C(=O)O)c2)nc(OC[C@@H](CCC(C)(C)O)NC2CC3(CC3)C2)c1C. The lowest BCUT2D eigenvalue weighted by molar-refractivity contribution is 0.0594. The van der Waals surface area contributed by atoms with Gasteiger partial charge in [-0.1, -0.05) is 24.3 Å². The molecule has 236 valence electrons. The number of nitrogens with zero attached hydrogens (tertiary/aromatic N) is 2. The largest absolute Gasteiger partial charge is 0.478 e. The van der Waals surface area contributed by atoms with Crippen LogP contribution in [-0.4, -0.2) is 58.9 Å². The highest BCUT2D eigenvalue weighted by atomic mass is 32.2. The predicted octanol–water partition coefficient (Wildman–Crippen LogP) is 5.40. The minimum atomic E-state index is -4.23. The van der Waals surface area contributed by atoms with Crippen LogP contribution >= 0.6 is 0 Å². The topological polar surface area (TPSA) is 151 Å². The maximum Gasteiger partial charge on any atom is 0.335 e. The Morgan fingerprint density at radius 1 is 1.09 bits per heavy atom. The summed E-state index contributed by atoms with van der Waals surface area (Å²) in [4.78, 5) is 20.4. The molecular formula is C33H42N4O6S. The second-order valence-electron chi connectivity index (χ2n) is 13.2. The van der Waals surface area contributed by atoms with Crippen LogP contribution in [0.3, 0.4) is 0 Å². The van der Waals surface area contributed by atoms with Crippen LogP contribution in [0, 0.1) is 26.2 Å². The van der Waals surface area contributed by atoms with Crippen LogP contribution < -0.4 is 14.8 Å². The maximum absolute atomic E-state index is 13.4.